The predicted octanol–water partition coefficient (Wildman–Crippen LogP) is 1.15. The van der Waals surface area contributed by atoms with E-state index in [1.165, 1.54) is 0 Å². The molecule has 1 atom stereocenters. The van der Waals surface area contributed by atoms with Crippen LogP contribution in [0, 0.1) is 22.7 Å². The molecule has 10 heavy (non-hydrogen) atoms. The summed E-state index contributed by atoms with van der Waals surface area (Å²) in [5, 5.41) is 11.9. The SMILES string of the molecule is CC1(C)CNCC(C#N)C1. The van der Waals surface area contributed by atoms with E-state index in [0.717, 1.165) is 19.5 Å². The fraction of sp³-hybridized carbons (Fsp3) is 0.875. The molecule has 1 heterocycles. The van der Waals surface area contributed by atoms with Crippen molar-refractivity contribution in [3.8, 4) is 6.07 Å². The fourth-order valence-corrected chi connectivity index (χ4v) is 1.49. The first-order valence-corrected chi connectivity index (χ1v) is 3.74. The molecule has 1 saturated heterocycles. The van der Waals surface area contributed by atoms with Crippen molar-refractivity contribution in [2.45, 2.75) is 20.3 Å². The molecule has 1 unspecified atom stereocenters. The average molecular weight is 138 g/mol. The Balaban J connectivity index is 2.49. The molecule has 56 valence electrons. The number of hydrogen-bond donors (Lipinski definition) is 1. The van der Waals surface area contributed by atoms with Crippen LogP contribution >= 0.6 is 0 Å². The third-order valence-corrected chi connectivity index (χ3v) is 1.98. The lowest BCUT2D eigenvalue weighted by Crippen LogP contribution is -2.40. The van der Waals surface area contributed by atoms with Gasteiger partial charge in [0.15, 0.2) is 0 Å². The Hall–Kier alpha value is -0.550. The molecule has 0 aromatic heterocycles. The van der Waals surface area contributed by atoms with Gasteiger partial charge in [0.05, 0.1) is 12.0 Å². The molecule has 2 heteroatoms. The van der Waals surface area contributed by atoms with Gasteiger partial charge in [-0.1, -0.05) is 13.8 Å². The van der Waals surface area contributed by atoms with E-state index in [1.54, 1.807) is 0 Å². The van der Waals surface area contributed by atoms with E-state index >= 15 is 0 Å². The maximum absolute atomic E-state index is 8.63. The van der Waals surface area contributed by atoms with Gasteiger partial charge in [-0.05, 0) is 11.8 Å². The van der Waals surface area contributed by atoms with Crippen LogP contribution in [0.2, 0.25) is 0 Å². The summed E-state index contributed by atoms with van der Waals surface area (Å²) in [6.07, 6.45) is 1.04. The maximum atomic E-state index is 8.63. The van der Waals surface area contributed by atoms with Gasteiger partial charge in [0.25, 0.3) is 0 Å². The standard InChI is InChI=1S/C8H14N2/c1-8(2)3-7(4-9)5-10-6-8/h7,10H,3,5-6H2,1-2H3. The van der Waals surface area contributed by atoms with Crippen LogP contribution in [0.4, 0.5) is 0 Å². The Labute approximate surface area is 62.2 Å². The van der Waals surface area contributed by atoms with Crippen molar-refractivity contribution < 1.29 is 0 Å². The quantitative estimate of drug-likeness (QED) is 0.545. The first-order valence-electron chi connectivity index (χ1n) is 3.74. The van der Waals surface area contributed by atoms with Gasteiger partial charge in [0, 0.05) is 13.1 Å². The third kappa shape index (κ3) is 1.71. The van der Waals surface area contributed by atoms with E-state index in [-0.39, 0.29) is 5.92 Å². The topological polar surface area (TPSA) is 35.8 Å². The van der Waals surface area contributed by atoms with Gasteiger partial charge in [-0.15, -0.1) is 0 Å². The minimum Gasteiger partial charge on any atom is -0.315 e. The highest BCUT2D eigenvalue weighted by Crippen LogP contribution is 2.27. The van der Waals surface area contributed by atoms with Crippen molar-refractivity contribution in [2.75, 3.05) is 13.1 Å². The molecular formula is C8H14N2. The molecule has 1 rings (SSSR count). The average Bonchev–Trinajstić information content (AvgIpc) is 1.86. The second-order valence-corrected chi connectivity index (χ2v) is 3.83. The Bertz CT molecular complexity index is 155. The molecular weight excluding hydrogens is 124 g/mol. The van der Waals surface area contributed by atoms with Crippen molar-refractivity contribution in [1.29, 1.82) is 5.26 Å². The molecule has 0 amide bonds. The lowest BCUT2D eigenvalue weighted by molar-refractivity contribution is 0.230. The summed E-state index contributed by atoms with van der Waals surface area (Å²) in [7, 11) is 0. The molecule has 0 saturated carbocycles. The van der Waals surface area contributed by atoms with Gasteiger partial charge in [0.2, 0.25) is 0 Å². The van der Waals surface area contributed by atoms with E-state index in [1.807, 2.05) is 0 Å². The largest absolute Gasteiger partial charge is 0.315 e. The van der Waals surface area contributed by atoms with Gasteiger partial charge in [0.1, 0.15) is 0 Å². The molecule has 1 aliphatic rings. The lowest BCUT2D eigenvalue weighted by atomic mass is 9.80. The highest BCUT2D eigenvalue weighted by Gasteiger charge is 2.27. The zero-order valence-electron chi connectivity index (χ0n) is 6.65. The van der Waals surface area contributed by atoms with Crippen LogP contribution in [-0.2, 0) is 0 Å². The number of nitriles is 1. The number of piperidine rings is 1. The highest BCUT2D eigenvalue weighted by atomic mass is 14.9. The molecule has 0 aliphatic carbocycles. The Kier molecular flexibility index (Phi) is 1.96. The second-order valence-electron chi connectivity index (χ2n) is 3.83. The van der Waals surface area contributed by atoms with Crippen molar-refractivity contribution in [3.63, 3.8) is 0 Å². The predicted molar refractivity (Wildman–Crippen MR) is 40.4 cm³/mol. The molecule has 0 spiro atoms. The van der Waals surface area contributed by atoms with Gasteiger partial charge in [-0.25, -0.2) is 0 Å². The first kappa shape index (κ1) is 7.56. The zero-order valence-corrected chi connectivity index (χ0v) is 6.65. The van der Waals surface area contributed by atoms with Crippen LogP contribution in [0.5, 0.6) is 0 Å². The Morgan fingerprint density at radius 2 is 2.30 bits per heavy atom. The van der Waals surface area contributed by atoms with Crippen LogP contribution in [-0.4, -0.2) is 13.1 Å². The number of rotatable bonds is 0. The molecule has 0 aromatic carbocycles. The molecule has 1 N–H and O–H groups in total. The van der Waals surface area contributed by atoms with Gasteiger partial charge < -0.3 is 5.32 Å². The summed E-state index contributed by atoms with van der Waals surface area (Å²) in [4.78, 5) is 0. The van der Waals surface area contributed by atoms with Gasteiger partial charge in [-0.3, -0.25) is 0 Å². The summed E-state index contributed by atoms with van der Waals surface area (Å²) >= 11 is 0. The second kappa shape index (κ2) is 2.59. The number of nitrogens with one attached hydrogen (secondary N) is 1. The van der Waals surface area contributed by atoms with E-state index in [9.17, 15) is 0 Å². The maximum Gasteiger partial charge on any atom is 0.0669 e. The molecule has 1 fully saturated rings. The fourth-order valence-electron chi connectivity index (χ4n) is 1.49. The van der Waals surface area contributed by atoms with Crippen molar-refractivity contribution in [1.82, 2.24) is 5.32 Å². The van der Waals surface area contributed by atoms with Crippen molar-refractivity contribution in [3.05, 3.63) is 0 Å². The molecule has 0 radical (unpaired) electrons. The molecule has 0 bridgehead atoms. The van der Waals surface area contributed by atoms with Crippen LogP contribution in [0.1, 0.15) is 20.3 Å². The van der Waals surface area contributed by atoms with E-state index in [4.69, 9.17) is 5.26 Å². The smallest absolute Gasteiger partial charge is 0.0669 e. The number of hydrogen-bond acceptors (Lipinski definition) is 2. The minimum atomic E-state index is 0.226. The summed E-state index contributed by atoms with van der Waals surface area (Å²) in [6, 6.07) is 2.30. The molecule has 0 aromatic rings. The zero-order chi connectivity index (χ0) is 7.61. The molecule has 2 nitrogen and oxygen atoms in total. The monoisotopic (exact) mass is 138 g/mol. The van der Waals surface area contributed by atoms with Crippen LogP contribution < -0.4 is 5.32 Å². The van der Waals surface area contributed by atoms with Gasteiger partial charge in [-0.2, -0.15) is 5.26 Å². The van der Waals surface area contributed by atoms with Crippen LogP contribution in [0.25, 0.3) is 0 Å². The lowest BCUT2D eigenvalue weighted by Gasteiger charge is -2.32. The summed E-state index contributed by atoms with van der Waals surface area (Å²) in [5.74, 6) is 0.226. The Morgan fingerprint density at radius 3 is 2.70 bits per heavy atom. The van der Waals surface area contributed by atoms with E-state index in [0.29, 0.717) is 5.41 Å². The minimum absolute atomic E-state index is 0.226. The highest BCUT2D eigenvalue weighted by molar-refractivity contribution is 4.93. The van der Waals surface area contributed by atoms with Crippen LogP contribution in [0.3, 0.4) is 0 Å². The molecule has 1 aliphatic heterocycles. The van der Waals surface area contributed by atoms with E-state index < -0.39 is 0 Å². The van der Waals surface area contributed by atoms with Crippen LogP contribution in [0.15, 0.2) is 0 Å². The van der Waals surface area contributed by atoms with Gasteiger partial charge >= 0.3 is 0 Å². The summed E-state index contributed by atoms with van der Waals surface area (Å²) in [6.45, 7) is 6.32. The van der Waals surface area contributed by atoms with E-state index in [2.05, 4.69) is 25.2 Å². The van der Waals surface area contributed by atoms with Crippen molar-refractivity contribution >= 4 is 0 Å². The number of nitrogens with zero attached hydrogens (tertiary/aromatic N) is 1. The third-order valence-electron chi connectivity index (χ3n) is 1.98. The summed E-state index contributed by atoms with van der Waals surface area (Å²) < 4.78 is 0. The first-order chi connectivity index (χ1) is 4.64. The van der Waals surface area contributed by atoms with Crippen molar-refractivity contribution in [2.24, 2.45) is 11.3 Å². The Morgan fingerprint density at radius 1 is 1.60 bits per heavy atom. The normalized spacial score (nSPS) is 31.1. The summed E-state index contributed by atoms with van der Waals surface area (Å²) in [5.41, 5.74) is 0.318.